The van der Waals surface area contributed by atoms with E-state index in [1.165, 1.54) is 6.08 Å². The van der Waals surface area contributed by atoms with Crippen LogP contribution in [0.15, 0.2) is 23.7 Å². The zero-order chi connectivity index (χ0) is 12.3. The van der Waals surface area contributed by atoms with Crippen molar-refractivity contribution in [2.24, 2.45) is 4.99 Å². The van der Waals surface area contributed by atoms with Gasteiger partial charge in [-0.1, -0.05) is 12.7 Å². The van der Waals surface area contributed by atoms with Crippen molar-refractivity contribution in [3.63, 3.8) is 0 Å². The Balaban J connectivity index is 2.06. The van der Waals surface area contributed by atoms with Gasteiger partial charge in [0.15, 0.2) is 5.82 Å². The number of rotatable bonds is 3. The number of aliphatic imine (C=N–C) groups is 1. The van der Waals surface area contributed by atoms with Crippen LogP contribution in [0.2, 0.25) is 0 Å². The summed E-state index contributed by atoms with van der Waals surface area (Å²) in [5.74, 6) is 0.477. The molecule has 0 fully saturated rings. The Morgan fingerprint density at radius 2 is 2.59 bits per heavy atom. The second kappa shape index (κ2) is 4.82. The van der Waals surface area contributed by atoms with Crippen molar-refractivity contribution in [3.05, 3.63) is 24.4 Å². The highest BCUT2D eigenvalue weighted by Gasteiger charge is 2.15. The first-order valence-corrected chi connectivity index (χ1v) is 5.34. The van der Waals surface area contributed by atoms with Gasteiger partial charge >= 0.3 is 6.09 Å². The number of amides is 1. The molecule has 1 N–H and O–H groups in total. The molecule has 90 valence electrons. The summed E-state index contributed by atoms with van der Waals surface area (Å²) in [4.78, 5) is 15.6. The molecule has 0 bridgehead atoms. The van der Waals surface area contributed by atoms with Gasteiger partial charge in [-0.25, -0.2) is 4.79 Å². The minimum atomic E-state index is -0.532. The fourth-order valence-corrected chi connectivity index (χ4v) is 1.61. The van der Waals surface area contributed by atoms with Crippen molar-refractivity contribution in [1.82, 2.24) is 9.78 Å². The second-order valence-electron chi connectivity index (χ2n) is 3.62. The molecular weight excluding hydrogens is 220 g/mol. The third-order valence-electron chi connectivity index (χ3n) is 2.37. The Labute approximate surface area is 99.0 Å². The van der Waals surface area contributed by atoms with Gasteiger partial charge in [0.1, 0.15) is 6.61 Å². The normalized spacial score (nSPS) is 13.6. The third kappa shape index (κ3) is 2.52. The number of carbonyl (C=O) groups excluding carboxylic acids is 1. The predicted octanol–water partition coefficient (Wildman–Crippen LogP) is 1.44. The molecule has 0 unspecified atom stereocenters. The third-order valence-corrected chi connectivity index (χ3v) is 2.37. The maximum absolute atomic E-state index is 11.3. The Morgan fingerprint density at radius 1 is 1.76 bits per heavy atom. The van der Waals surface area contributed by atoms with Crippen molar-refractivity contribution in [2.45, 2.75) is 13.5 Å². The van der Waals surface area contributed by atoms with E-state index in [0.717, 1.165) is 24.5 Å². The van der Waals surface area contributed by atoms with Crippen molar-refractivity contribution in [1.29, 1.82) is 0 Å². The summed E-state index contributed by atoms with van der Waals surface area (Å²) in [5, 5.41) is 6.81. The van der Waals surface area contributed by atoms with E-state index >= 15 is 0 Å². The van der Waals surface area contributed by atoms with Crippen LogP contribution >= 0.6 is 0 Å². The number of fused-ring (bicyclic) bond motifs is 1. The number of hydrogen-bond donors (Lipinski definition) is 1. The standard InChI is InChI=1S/C11H14N4O2/c1-3-6-17-11(16)13-10-7-9-8(2)12-4-5-15(9)14-10/h3,7H,1,4-6H2,2H3,(H,13,14,16). The topological polar surface area (TPSA) is 68.5 Å². The van der Waals surface area contributed by atoms with Crippen LogP contribution in [-0.4, -0.2) is 34.7 Å². The highest BCUT2D eigenvalue weighted by atomic mass is 16.5. The van der Waals surface area contributed by atoms with Gasteiger partial charge in [-0.15, -0.1) is 0 Å². The number of anilines is 1. The summed E-state index contributed by atoms with van der Waals surface area (Å²) in [6, 6.07) is 1.78. The van der Waals surface area contributed by atoms with Gasteiger partial charge in [0.25, 0.3) is 0 Å². The van der Waals surface area contributed by atoms with Crippen molar-refractivity contribution < 1.29 is 9.53 Å². The first kappa shape index (κ1) is 11.4. The number of aromatic nitrogens is 2. The molecule has 2 heterocycles. The summed E-state index contributed by atoms with van der Waals surface area (Å²) in [6.45, 7) is 7.02. The van der Waals surface area contributed by atoms with Crippen LogP contribution in [0.3, 0.4) is 0 Å². The van der Waals surface area contributed by atoms with E-state index in [1.807, 2.05) is 11.6 Å². The van der Waals surface area contributed by atoms with E-state index < -0.39 is 6.09 Å². The van der Waals surface area contributed by atoms with Crippen LogP contribution in [0.4, 0.5) is 10.6 Å². The Hall–Kier alpha value is -2.11. The molecule has 2 rings (SSSR count). The zero-order valence-electron chi connectivity index (χ0n) is 9.64. The molecule has 17 heavy (non-hydrogen) atoms. The molecular formula is C11H14N4O2. The molecule has 0 radical (unpaired) electrons. The average Bonchev–Trinajstić information content (AvgIpc) is 2.70. The maximum atomic E-state index is 11.3. The maximum Gasteiger partial charge on any atom is 0.413 e. The minimum Gasteiger partial charge on any atom is -0.445 e. The fourth-order valence-electron chi connectivity index (χ4n) is 1.61. The van der Waals surface area contributed by atoms with E-state index in [4.69, 9.17) is 4.74 Å². The lowest BCUT2D eigenvalue weighted by molar-refractivity contribution is 0.174. The van der Waals surface area contributed by atoms with E-state index in [2.05, 4.69) is 22.0 Å². The van der Waals surface area contributed by atoms with Crippen LogP contribution < -0.4 is 5.32 Å². The van der Waals surface area contributed by atoms with Crippen molar-refractivity contribution in [3.8, 4) is 0 Å². The number of nitrogens with one attached hydrogen (secondary N) is 1. The summed E-state index contributed by atoms with van der Waals surface area (Å²) in [5.41, 5.74) is 1.85. The molecule has 1 aliphatic rings. The van der Waals surface area contributed by atoms with Crippen molar-refractivity contribution in [2.75, 3.05) is 18.5 Å². The van der Waals surface area contributed by atoms with Gasteiger partial charge in [-0.2, -0.15) is 5.10 Å². The number of hydrogen-bond acceptors (Lipinski definition) is 4. The van der Waals surface area contributed by atoms with E-state index in [9.17, 15) is 4.79 Å². The SMILES string of the molecule is C=CCOC(=O)Nc1cc2n(n1)CCN=C2C. The highest BCUT2D eigenvalue weighted by molar-refractivity contribution is 5.99. The van der Waals surface area contributed by atoms with Crippen LogP contribution in [0.1, 0.15) is 12.6 Å². The minimum absolute atomic E-state index is 0.180. The van der Waals surface area contributed by atoms with E-state index in [0.29, 0.717) is 5.82 Å². The summed E-state index contributed by atoms with van der Waals surface area (Å²) >= 11 is 0. The van der Waals surface area contributed by atoms with Crippen LogP contribution in [0.25, 0.3) is 0 Å². The first-order chi connectivity index (χ1) is 8.20. The average molecular weight is 234 g/mol. The number of carbonyl (C=O) groups is 1. The molecule has 1 aromatic rings. The largest absolute Gasteiger partial charge is 0.445 e. The number of ether oxygens (including phenoxy) is 1. The summed E-state index contributed by atoms with van der Waals surface area (Å²) in [6.07, 6.45) is 0.976. The Morgan fingerprint density at radius 3 is 3.29 bits per heavy atom. The quantitative estimate of drug-likeness (QED) is 0.804. The molecule has 1 aromatic heterocycles. The molecule has 6 nitrogen and oxygen atoms in total. The lowest BCUT2D eigenvalue weighted by Crippen LogP contribution is -2.17. The monoisotopic (exact) mass is 234 g/mol. The van der Waals surface area contributed by atoms with Gasteiger partial charge in [0.2, 0.25) is 0 Å². The van der Waals surface area contributed by atoms with Crippen LogP contribution in [-0.2, 0) is 11.3 Å². The molecule has 6 heteroatoms. The lowest BCUT2D eigenvalue weighted by atomic mass is 10.2. The van der Waals surface area contributed by atoms with Gasteiger partial charge in [-0.3, -0.25) is 15.0 Å². The summed E-state index contributed by atoms with van der Waals surface area (Å²) < 4.78 is 6.63. The fraction of sp³-hybridized carbons (Fsp3) is 0.364. The molecule has 0 atom stereocenters. The smallest absolute Gasteiger partial charge is 0.413 e. The van der Waals surface area contributed by atoms with E-state index in [-0.39, 0.29) is 6.61 Å². The molecule has 0 spiro atoms. The van der Waals surface area contributed by atoms with Gasteiger partial charge in [0, 0.05) is 6.07 Å². The molecule has 0 saturated carbocycles. The molecule has 1 amide bonds. The molecule has 0 aromatic carbocycles. The Kier molecular flexibility index (Phi) is 3.22. The molecule has 0 saturated heterocycles. The molecule has 1 aliphatic heterocycles. The summed E-state index contributed by atoms with van der Waals surface area (Å²) in [7, 11) is 0. The van der Waals surface area contributed by atoms with E-state index in [1.54, 1.807) is 6.07 Å². The van der Waals surface area contributed by atoms with Crippen LogP contribution in [0, 0.1) is 0 Å². The number of nitrogens with zero attached hydrogens (tertiary/aromatic N) is 3. The second-order valence-corrected chi connectivity index (χ2v) is 3.62. The van der Waals surface area contributed by atoms with Crippen LogP contribution in [0.5, 0.6) is 0 Å². The first-order valence-electron chi connectivity index (χ1n) is 5.34. The molecule has 0 aliphatic carbocycles. The van der Waals surface area contributed by atoms with Gasteiger partial charge in [-0.05, 0) is 6.92 Å². The lowest BCUT2D eigenvalue weighted by Gasteiger charge is -2.10. The van der Waals surface area contributed by atoms with Gasteiger partial charge < -0.3 is 4.74 Å². The Bertz CT molecular complexity index is 476. The van der Waals surface area contributed by atoms with Gasteiger partial charge in [0.05, 0.1) is 24.5 Å². The van der Waals surface area contributed by atoms with Crippen molar-refractivity contribution >= 4 is 17.6 Å². The zero-order valence-corrected chi connectivity index (χ0v) is 9.64. The highest BCUT2D eigenvalue weighted by Crippen LogP contribution is 2.14. The predicted molar refractivity (Wildman–Crippen MR) is 64.5 cm³/mol.